The van der Waals surface area contributed by atoms with E-state index in [0.29, 0.717) is 11.0 Å². The number of aromatic nitrogens is 6. The maximum Gasteiger partial charge on any atom is 0.177 e. The molecule has 0 amide bonds. The summed E-state index contributed by atoms with van der Waals surface area (Å²) in [6, 6.07) is 35.5. The highest BCUT2D eigenvalue weighted by molar-refractivity contribution is 5.68. The number of aliphatic hydroxyl groups is 2. The first-order valence-corrected chi connectivity index (χ1v) is 16.4. The Kier molecular flexibility index (Phi) is 9.97. The summed E-state index contributed by atoms with van der Waals surface area (Å²) in [6.07, 6.45) is -1.19. The molecule has 7 rings (SSSR count). The van der Waals surface area contributed by atoms with E-state index in [9.17, 15) is 10.2 Å². The maximum atomic E-state index is 13.6. The fourth-order valence-corrected chi connectivity index (χ4v) is 6.25. The van der Waals surface area contributed by atoms with Gasteiger partial charge in [0.15, 0.2) is 17.2 Å². The topological polar surface area (TPSA) is 181 Å². The zero-order valence-electron chi connectivity index (χ0n) is 27.6. The Hall–Kier alpha value is -5.70. The average molecular weight is 687 g/mol. The normalized spacial score (nSPS) is 13.8. The molecule has 13 nitrogen and oxygen atoms in total. The number of hydrogen-bond donors (Lipinski definition) is 4. The number of nitrogens with zero attached hydrogens (tertiary/aromatic N) is 6. The first kappa shape index (κ1) is 33.8. The van der Waals surface area contributed by atoms with E-state index in [1.807, 2.05) is 91.0 Å². The van der Waals surface area contributed by atoms with Gasteiger partial charge in [-0.2, -0.15) is 10.2 Å². The standard InChI is InChI=1S/C38H38N8O5/c39-36-29-16-18-32(45(29)43-24-41-36)38(48,33-19-17-30-37(40)42-25-44-46(30)33)35(51-22-28-14-8-3-9-15-28)34(50-21-27-12-6-2-7-13-27)31(47)23-49-20-26-10-4-1-5-11-26/h1-19,24-25,31,34-35,47-48H,20-23H2,(H2,39,41,43)(H2,40,42,44). The summed E-state index contributed by atoms with van der Waals surface area (Å²) < 4.78 is 22.4. The van der Waals surface area contributed by atoms with Crippen molar-refractivity contribution in [3.63, 3.8) is 0 Å². The number of ether oxygens (including phenoxy) is 3. The predicted molar refractivity (Wildman–Crippen MR) is 190 cm³/mol. The van der Waals surface area contributed by atoms with Crippen molar-refractivity contribution >= 4 is 22.7 Å². The predicted octanol–water partition coefficient (Wildman–Crippen LogP) is 3.92. The molecule has 0 aliphatic rings. The minimum atomic E-state index is -2.13. The van der Waals surface area contributed by atoms with Crippen LogP contribution in [0.2, 0.25) is 0 Å². The van der Waals surface area contributed by atoms with E-state index >= 15 is 0 Å². The minimum Gasteiger partial charge on any atom is -0.388 e. The number of aliphatic hydroxyl groups excluding tert-OH is 1. The van der Waals surface area contributed by atoms with Crippen LogP contribution in [0.1, 0.15) is 28.1 Å². The van der Waals surface area contributed by atoms with Crippen molar-refractivity contribution in [3.05, 3.63) is 156 Å². The summed E-state index contributed by atoms with van der Waals surface area (Å²) in [6.45, 7) is 0.264. The zero-order chi connectivity index (χ0) is 35.2. The van der Waals surface area contributed by atoms with Gasteiger partial charge in [-0.3, -0.25) is 0 Å². The molecule has 0 saturated heterocycles. The Bertz CT molecular complexity index is 2100. The van der Waals surface area contributed by atoms with Gasteiger partial charge in [-0.05, 0) is 41.0 Å². The largest absolute Gasteiger partial charge is 0.388 e. The molecule has 7 aromatic rings. The van der Waals surface area contributed by atoms with Crippen molar-refractivity contribution < 1.29 is 24.4 Å². The SMILES string of the molecule is Nc1ncnn2c(C(O)(c3ccc4c(N)ncnn34)C(OCc3ccccc3)C(OCc3ccccc3)C(O)COCc3ccccc3)ccc12. The second-order valence-electron chi connectivity index (χ2n) is 12.1. The van der Waals surface area contributed by atoms with Crippen molar-refractivity contribution in [3.8, 4) is 0 Å². The first-order valence-electron chi connectivity index (χ1n) is 16.4. The van der Waals surface area contributed by atoms with E-state index in [1.54, 1.807) is 24.3 Å². The summed E-state index contributed by atoms with van der Waals surface area (Å²) in [5.41, 5.74) is 14.5. The van der Waals surface area contributed by atoms with Gasteiger partial charge in [0.25, 0.3) is 0 Å². The zero-order valence-corrected chi connectivity index (χ0v) is 27.6. The molecule has 260 valence electrons. The average Bonchev–Trinajstić information content (AvgIpc) is 3.81. The molecule has 0 aliphatic carbocycles. The number of anilines is 2. The van der Waals surface area contributed by atoms with E-state index in [1.165, 1.54) is 21.7 Å². The van der Waals surface area contributed by atoms with E-state index in [2.05, 4.69) is 20.2 Å². The quantitative estimate of drug-likeness (QED) is 0.123. The molecule has 4 heterocycles. The van der Waals surface area contributed by atoms with Crippen LogP contribution in [0.4, 0.5) is 11.6 Å². The van der Waals surface area contributed by atoms with E-state index in [0.717, 1.165) is 16.7 Å². The highest BCUT2D eigenvalue weighted by atomic mass is 16.6. The molecule has 0 bridgehead atoms. The molecule has 6 N–H and O–H groups in total. The van der Waals surface area contributed by atoms with Crippen LogP contribution in [0, 0.1) is 0 Å². The lowest BCUT2D eigenvalue weighted by molar-refractivity contribution is -0.202. The van der Waals surface area contributed by atoms with Gasteiger partial charge in [-0.1, -0.05) is 91.0 Å². The van der Waals surface area contributed by atoms with Crippen molar-refractivity contribution in [1.82, 2.24) is 29.2 Å². The smallest absolute Gasteiger partial charge is 0.177 e. The second kappa shape index (κ2) is 15.0. The van der Waals surface area contributed by atoms with Crippen molar-refractivity contribution in [2.24, 2.45) is 0 Å². The summed E-state index contributed by atoms with van der Waals surface area (Å²) in [7, 11) is 0. The molecule has 0 radical (unpaired) electrons. The third-order valence-corrected chi connectivity index (χ3v) is 8.79. The van der Waals surface area contributed by atoms with E-state index in [-0.39, 0.29) is 49.5 Å². The summed E-state index contributed by atoms with van der Waals surface area (Å²) in [5.74, 6) is 0.413. The van der Waals surface area contributed by atoms with E-state index < -0.39 is 23.9 Å². The summed E-state index contributed by atoms with van der Waals surface area (Å²) in [4.78, 5) is 8.28. The molecule has 51 heavy (non-hydrogen) atoms. The molecule has 0 saturated carbocycles. The molecule has 3 unspecified atom stereocenters. The Morgan fingerprint density at radius 2 is 1.06 bits per heavy atom. The fraction of sp³-hybridized carbons (Fsp3) is 0.211. The molecular formula is C38H38N8O5. The Morgan fingerprint density at radius 1 is 0.608 bits per heavy atom. The molecule has 4 aromatic heterocycles. The highest BCUT2D eigenvalue weighted by Crippen LogP contribution is 2.40. The van der Waals surface area contributed by atoms with Gasteiger partial charge < -0.3 is 35.9 Å². The van der Waals surface area contributed by atoms with Crippen LogP contribution in [0.5, 0.6) is 0 Å². The number of rotatable bonds is 15. The lowest BCUT2D eigenvalue weighted by Gasteiger charge is -2.41. The highest BCUT2D eigenvalue weighted by Gasteiger charge is 2.52. The molecular weight excluding hydrogens is 648 g/mol. The van der Waals surface area contributed by atoms with Crippen LogP contribution in [0.3, 0.4) is 0 Å². The monoisotopic (exact) mass is 686 g/mol. The minimum absolute atomic E-state index is 0.0530. The maximum absolute atomic E-state index is 13.6. The van der Waals surface area contributed by atoms with Crippen molar-refractivity contribution in [2.75, 3.05) is 18.1 Å². The lowest BCUT2D eigenvalue weighted by Crippen LogP contribution is -2.56. The molecule has 3 aromatic carbocycles. The van der Waals surface area contributed by atoms with Gasteiger partial charge in [-0.15, -0.1) is 0 Å². The van der Waals surface area contributed by atoms with Crippen molar-refractivity contribution in [1.29, 1.82) is 0 Å². The summed E-state index contributed by atoms with van der Waals surface area (Å²) >= 11 is 0. The first-order chi connectivity index (χ1) is 24.9. The van der Waals surface area contributed by atoms with Crippen LogP contribution in [0.25, 0.3) is 11.0 Å². The Labute approximate surface area is 293 Å². The molecule has 13 heteroatoms. The Morgan fingerprint density at radius 3 is 1.55 bits per heavy atom. The van der Waals surface area contributed by atoms with Gasteiger partial charge in [0.05, 0.1) is 37.8 Å². The third kappa shape index (κ3) is 7.01. The van der Waals surface area contributed by atoms with Crippen LogP contribution >= 0.6 is 0 Å². The second-order valence-corrected chi connectivity index (χ2v) is 12.1. The molecule has 0 fully saturated rings. The number of nitrogens with two attached hydrogens (primary N) is 2. The van der Waals surface area contributed by atoms with Crippen LogP contribution in [-0.4, -0.2) is 64.3 Å². The van der Waals surface area contributed by atoms with Gasteiger partial charge in [0, 0.05) is 0 Å². The third-order valence-electron chi connectivity index (χ3n) is 8.79. The van der Waals surface area contributed by atoms with Gasteiger partial charge in [0.1, 0.15) is 42.0 Å². The van der Waals surface area contributed by atoms with Gasteiger partial charge >= 0.3 is 0 Å². The van der Waals surface area contributed by atoms with Crippen LogP contribution in [-0.2, 0) is 39.6 Å². The summed E-state index contributed by atoms with van der Waals surface area (Å²) in [5, 5.41) is 34.6. The van der Waals surface area contributed by atoms with Gasteiger partial charge in [0.2, 0.25) is 0 Å². The molecule has 0 spiro atoms. The fourth-order valence-electron chi connectivity index (χ4n) is 6.25. The van der Waals surface area contributed by atoms with Crippen LogP contribution < -0.4 is 11.5 Å². The molecule has 3 atom stereocenters. The number of fused-ring (bicyclic) bond motifs is 2. The number of hydrogen-bond acceptors (Lipinski definition) is 11. The molecule has 0 aliphatic heterocycles. The Balaban J connectivity index is 1.39. The lowest BCUT2D eigenvalue weighted by atomic mass is 9.84. The van der Waals surface area contributed by atoms with Gasteiger partial charge in [-0.25, -0.2) is 19.0 Å². The number of benzene rings is 3. The van der Waals surface area contributed by atoms with E-state index in [4.69, 9.17) is 25.7 Å². The number of nitrogen functional groups attached to an aromatic ring is 2. The van der Waals surface area contributed by atoms with Crippen LogP contribution in [0.15, 0.2) is 128 Å². The van der Waals surface area contributed by atoms with Crippen molar-refractivity contribution in [2.45, 2.75) is 43.7 Å².